The van der Waals surface area contributed by atoms with Crippen LogP contribution in [0, 0.1) is 0 Å². The van der Waals surface area contributed by atoms with E-state index in [9.17, 15) is 9.59 Å². The quantitative estimate of drug-likeness (QED) is 0.123. The highest BCUT2D eigenvalue weighted by molar-refractivity contribution is 7.97. The summed E-state index contributed by atoms with van der Waals surface area (Å²) in [5.41, 5.74) is 3.82. The second-order valence-corrected chi connectivity index (χ2v) is 10.4. The first-order valence-electron chi connectivity index (χ1n) is 13.5. The number of methoxy groups -OCH3 is 1. The number of carbonyl (C=O) groups is 2. The molecule has 0 unspecified atom stereocenters. The summed E-state index contributed by atoms with van der Waals surface area (Å²) in [4.78, 5) is 26.9. The summed E-state index contributed by atoms with van der Waals surface area (Å²) in [7, 11) is 1.68. The van der Waals surface area contributed by atoms with E-state index in [1.165, 1.54) is 30.9 Å². The third kappa shape index (κ3) is 11.1. The van der Waals surface area contributed by atoms with Crippen molar-refractivity contribution in [3.05, 3.63) is 94.8 Å². The fourth-order valence-electron chi connectivity index (χ4n) is 4.16. The number of rotatable bonds is 18. The van der Waals surface area contributed by atoms with Crippen LogP contribution in [0.5, 0.6) is 11.5 Å². The maximum atomic E-state index is 11.2. The molecule has 7 nitrogen and oxygen atoms in total. The van der Waals surface area contributed by atoms with E-state index in [0.29, 0.717) is 29.6 Å². The minimum absolute atomic E-state index is 0.267. The van der Waals surface area contributed by atoms with E-state index in [0.717, 1.165) is 48.8 Å². The van der Waals surface area contributed by atoms with E-state index >= 15 is 0 Å². The van der Waals surface area contributed by atoms with Crippen LogP contribution in [-0.2, 0) is 22.7 Å². The highest BCUT2D eigenvalue weighted by atomic mass is 32.2. The molecular weight excluding hydrogens is 526 g/mol. The Morgan fingerprint density at radius 2 is 1.62 bits per heavy atom. The van der Waals surface area contributed by atoms with Gasteiger partial charge in [0.15, 0.2) is 0 Å². The molecule has 212 valence electrons. The molecule has 2 aromatic carbocycles. The van der Waals surface area contributed by atoms with Gasteiger partial charge >= 0.3 is 11.9 Å². The number of carboxylic acid groups (broad SMARTS) is 2. The highest BCUT2D eigenvalue weighted by Gasteiger charge is 2.08. The van der Waals surface area contributed by atoms with Gasteiger partial charge in [-0.05, 0) is 72.9 Å². The zero-order valence-electron chi connectivity index (χ0n) is 22.9. The van der Waals surface area contributed by atoms with Crippen LogP contribution >= 0.6 is 11.8 Å². The molecule has 0 spiro atoms. The molecule has 2 N–H and O–H groups in total. The van der Waals surface area contributed by atoms with Crippen molar-refractivity contribution in [3.8, 4) is 11.5 Å². The highest BCUT2D eigenvalue weighted by Crippen LogP contribution is 2.23. The van der Waals surface area contributed by atoms with Crippen molar-refractivity contribution in [2.45, 2.75) is 56.5 Å². The summed E-state index contributed by atoms with van der Waals surface area (Å²) in [5, 5.41) is 18.2. The molecule has 3 rings (SSSR count). The van der Waals surface area contributed by atoms with Crippen molar-refractivity contribution < 1.29 is 29.3 Å². The van der Waals surface area contributed by atoms with Gasteiger partial charge in [0.25, 0.3) is 0 Å². The number of unbranched alkanes of at least 4 members (excludes halogenated alkanes) is 5. The maximum Gasteiger partial charge on any atom is 0.335 e. The Hall–Kier alpha value is -3.78. The Morgan fingerprint density at radius 3 is 2.35 bits per heavy atom. The normalized spacial score (nSPS) is 11.0. The topological polar surface area (TPSA) is 106 Å². The zero-order valence-corrected chi connectivity index (χ0v) is 23.7. The van der Waals surface area contributed by atoms with Crippen LogP contribution in [0.4, 0.5) is 0 Å². The van der Waals surface area contributed by atoms with Crippen LogP contribution in [0.2, 0.25) is 0 Å². The van der Waals surface area contributed by atoms with Gasteiger partial charge in [-0.25, -0.2) is 14.6 Å². The predicted molar refractivity (Wildman–Crippen MR) is 159 cm³/mol. The van der Waals surface area contributed by atoms with Crippen LogP contribution < -0.4 is 9.47 Å². The molecule has 0 radical (unpaired) electrons. The monoisotopic (exact) mass is 563 g/mol. The molecule has 0 aliphatic heterocycles. The van der Waals surface area contributed by atoms with Crippen LogP contribution in [0.15, 0.2) is 66.7 Å². The van der Waals surface area contributed by atoms with Crippen LogP contribution in [0.1, 0.15) is 71.4 Å². The largest absolute Gasteiger partial charge is 0.497 e. The lowest BCUT2D eigenvalue weighted by atomic mass is 10.0. The second-order valence-electron chi connectivity index (χ2n) is 9.42. The molecule has 0 amide bonds. The van der Waals surface area contributed by atoms with Gasteiger partial charge in [0.2, 0.25) is 0 Å². The Balaban J connectivity index is 1.39. The van der Waals surface area contributed by atoms with Crippen molar-refractivity contribution in [3.63, 3.8) is 0 Å². The first-order chi connectivity index (χ1) is 19.4. The van der Waals surface area contributed by atoms with E-state index in [4.69, 9.17) is 19.7 Å². The van der Waals surface area contributed by atoms with E-state index in [2.05, 4.69) is 17.1 Å². The van der Waals surface area contributed by atoms with Crippen molar-refractivity contribution >= 4 is 29.8 Å². The molecule has 0 aliphatic carbocycles. The third-order valence-electron chi connectivity index (χ3n) is 6.30. The van der Waals surface area contributed by atoms with Crippen molar-refractivity contribution in [1.82, 2.24) is 4.98 Å². The van der Waals surface area contributed by atoms with Crippen molar-refractivity contribution in [2.24, 2.45) is 0 Å². The lowest BCUT2D eigenvalue weighted by molar-refractivity contribution is -0.131. The number of aliphatic carboxylic acids is 1. The number of aromatic nitrogens is 1. The number of hydrogen-bond acceptors (Lipinski definition) is 6. The lowest BCUT2D eigenvalue weighted by Crippen LogP contribution is -2.02. The van der Waals surface area contributed by atoms with Crippen molar-refractivity contribution in [2.75, 3.05) is 13.7 Å². The first-order valence-corrected chi connectivity index (χ1v) is 14.7. The molecule has 3 aromatic rings. The number of thioether (sulfide) groups is 1. The molecule has 0 atom stereocenters. The molecule has 0 aliphatic rings. The molecular formula is C32H37NO6S. The first kappa shape index (κ1) is 30.8. The number of nitrogens with zero attached hydrogens (tertiary/aromatic N) is 1. The van der Waals surface area contributed by atoms with Gasteiger partial charge in [0.05, 0.1) is 25.0 Å². The van der Waals surface area contributed by atoms with Gasteiger partial charge in [-0.15, -0.1) is 0 Å². The van der Waals surface area contributed by atoms with Gasteiger partial charge < -0.3 is 19.7 Å². The second kappa shape index (κ2) is 17.0. The molecule has 8 heteroatoms. The summed E-state index contributed by atoms with van der Waals surface area (Å²) in [6.45, 7) is 0.551. The number of benzene rings is 2. The maximum absolute atomic E-state index is 11.2. The number of carboxylic acids is 2. The Kier molecular flexibility index (Phi) is 13.1. The predicted octanol–water partition coefficient (Wildman–Crippen LogP) is 7.28. The van der Waals surface area contributed by atoms with Gasteiger partial charge in [-0.1, -0.05) is 49.9 Å². The van der Waals surface area contributed by atoms with Crippen LogP contribution in [-0.4, -0.2) is 40.9 Å². The number of hydrogen-bond donors (Lipinski definition) is 2. The zero-order chi connectivity index (χ0) is 28.6. The smallest absolute Gasteiger partial charge is 0.335 e. The Labute approximate surface area is 240 Å². The minimum Gasteiger partial charge on any atom is -0.497 e. The fourth-order valence-corrected chi connectivity index (χ4v) is 5.04. The van der Waals surface area contributed by atoms with E-state index < -0.39 is 11.9 Å². The number of ether oxygens (including phenoxy) is 2. The third-order valence-corrected chi connectivity index (χ3v) is 7.33. The van der Waals surface area contributed by atoms with E-state index in [-0.39, 0.29) is 5.56 Å². The Bertz CT molecular complexity index is 1260. The SMILES string of the molecule is COc1ccc(CCCCCCCCOc2ccc(CSCc3cccc(C(=O)O)c3)nc2C=CC(=O)O)cc1. The molecule has 0 bridgehead atoms. The molecule has 0 saturated heterocycles. The summed E-state index contributed by atoms with van der Waals surface area (Å²) >= 11 is 1.61. The molecule has 0 saturated carbocycles. The Morgan fingerprint density at radius 1 is 0.875 bits per heavy atom. The summed E-state index contributed by atoms with van der Waals surface area (Å²) < 4.78 is 11.2. The number of pyridine rings is 1. The van der Waals surface area contributed by atoms with E-state index in [1.54, 1.807) is 37.1 Å². The molecule has 0 fully saturated rings. The number of aryl methyl sites for hydroxylation is 1. The standard InChI is InChI=1S/C32H37NO6S/c1-38-28-15-12-24(13-16-28)9-6-4-2-3-5-7-20-39-30-18-14-27(33-29(30)17-19-31(34)35)23-40-22-25-10-8-11-26(21-25)32(36)37/h8,10-19,21H,2-7,9,20,22-23H2,1H3,(H,34,35)(H,36,37). The summed E-state index contributed by atoms with van der Waals surface area (Å²) in [6.07, 6.45) is 10.3. The average molecular weight is 564 g/mol. The molecule has 1 heterocycles. The summed E-state index contributed by atoms with van der Waals surface area (Å²) in [6, 6.07) is 18.9. The van der Waals surface area contributed by atoms with Gasteiger partial charge in [-0.3, -0.25) is 0 Å². The van der Waals surface area contributed by atoms with Crippen LogP contribution in [0.3, 0.4) is 0 Å². The lowest BCUT2D eigenvalue weighted by Gasteiger charge is -2.11. The van der Waals surface area contributed by atoms with Crippen molar-refractivity contribution in [1.29, 1.82) is 0 Å². The molecule has 40 heavy (non-hydrogen) atoms. The van der Waals surface area contributed by atoms with E-state index in [1.807, 2.05) is 30.3 Å². The summed E-state index contributed by atoms with van der Waals surface area (Å²) in [5.74, 6) is 0.712. The van der Waals surface area contributed by atoms with Gasteiger partial charge in [-0.2, -0.15) is 11.8 Å². The van der Waals surface area contributed by atoms with Gasteiger partial charge in [0, 0.05) is 17.6 Å². The molecule has 1 aromatic heterocycles. The van der Waals surface area contributed by atoms with Crippen LogP contribution in [0.25, 0.3) is 6.08 Å². The number of aromatic carboxylic acids is 1. The average Bonchev–Trinajstić information content (AvgIpc) is 2.96. The minimum atomic E-state index is -1.04. The fraction of sp³-hybridized carbons (Fsp3) is 0.344. The van der Waals surface area contributed by atoms with Gasteiger partial charge in [0.1, 0.15) is 17.2 Å².